The number of hydrogen-bond acceptors (Lipinski definition) is 4. The average molecular weight is 228 g/mol. The molecule has 16 heavy (non-hydrogen) atoms. The quantitative estimate of drug-likeness (QED) is 0.594. The lowest BCUT2D eigenvalue weighted by atomic mass is 10.2. The number of carbonyl (C=O) groups is 1. The fourth-order valence-electron chi connectivity index (χ4n) is 1.67. The number of aliphatic hydroxyl groups excluding tert-OH is 1. The summed E-state index contributed by atoms with van der Waals surface area (Å²) in [5.41, 5.74) is 0. The van der Waals surface area contributed by atoms with Crippen LogP contribution in [0.2, 0.25) is 0 Å². The molecule has 0 aromatic rings. The van der Waals surface area contributed by atoms with Gasteiger partial charge in [-0.15, -0.1) is 6.58 Å². The van der Waals surface area contributed by atoms with Gasteiger partial charge < -0.3 is 20.1 Å². The van der Waals surface area contributed by atoms with E-state index in [0.717, 1.165) is 6.54 Å². The van der Waals surface area contributed by atoms with E-state index in [9.17, 15) is 4.79 Å². The van der Waals surface area contributed by atoms with Gasteiger partial charge >= 0.3 is 0 Å². The van der Waals surface area contributed by atoms with E-state index >= 15 is 0 Å². The van der Waals surface area contributed by atoms with Crippen molar-refractivity contribution in [2.24, 2.45) is 0 Å². The molecule has 0 bridgehead atoms. The molecule has 1 fully saturated rings. The SMILES string of the molecule is C=CCN(CCO)C(=O)CC1CNCCO1. The Morgan fingerprint density at radius 2 is 2.50 bits per heavy atom. The maximum absolute atomic E-state index is 11.9. The van der Waals surface area contributed by atoms with Crippen molar-refractivity contribution in [1.82, 2.24) is 10.2 Å². The Kier molecular flexibility index (Phi) is 6.07. The number of ether oxygens (including phenoxy) is 1. The number of morpholine rings is 1. The third-order valence-corrected chi connectivity index (χ3v) is 2.48. The lowest BCUT2D eigenvalue weighted by Crippen LogP contribution is -2.43. The molecule has 0 spiro atoms. The van der Waals surface area contributed by atoms with E-state index in [1.54, 1.807) is 11.0 Å². The van der Waals surface area contributed by atoms with E-state index in [1.165, 1.54) is 0 Å². The fourth-order valence-corrected chi connectivity index (χ4v) is 1.67. The number of rotatable bonds is 6. The molecule has 1 aliphatic heterocycles. The van der Waals surface area contributed by atoms with Gasteiger partial charge in [-0.3, -0.25) is 4.79 Å². The van der Waals surface area contributed by atoms with Gasteiger partial charge in [0, 0.05) is 26.2 Å². The first-order valence-electron chi connectivity index (χ1n) is 5.59. The molecule has 5 heteroatoms. The molecule has 92 valence electrons. The number of hydrogen-bond donors (Lipinski definition) is 2. The Bertz CT molecular complexity index is 227. The first-order valence-corrected chi connectivity index (χ1v) is 5.59. The topological polar surface area (TPSA) is 61.8 Å². The summed E-state index contributed by atoms with van der Waals surface area (Å²) in [7, 11) is 0. The number of amides is 1. The van der Waals surface area contributed by atoms with Crippen LogP contribution in [0.25, 0.3) is 0 Å². The number of aliphatic hydroxyl groups is 1. The molecule has 1 atom stereocenters. The zero-order chi connectivity index (χ0) is 11.8. The van der Waals surface area contributed by atoms with Gasteiger partial charge in [0.05, 0.1) is 25.7 Å². The van der Waals surface area contributed by atoms with E-state index in [-0.39, 0.29) is 18.6 Å². The predicted molar refractivity (Wildman–Crippen MR) is 61.1 cm³/mol. The summed E-state index contributed by atoms with van der Waals surface area (Å²) in [5, 5.41) is 12.0. The molecular weight excluding hydrogens is 208 g/mol. The first kappa shape index (κ1) is 13.2. The molecule has 1 aliphatic rings. The highest BCUT2D eigenvalue weighted by molar-refractivity contribution is 5.76. The molecule has 0 aromatic carbocycles. The minimum absolute atomic E-state index is 0.00245. The Morgan fingerprint density at radius 3 is 3.06 bits per heavy atom. The molecule has 0 saturated carbocycles. The highest BCUT2D eigenvalue weighted by atomic mass is 16.5. The van der Waals surface area contributed by atoms with Crippen LogP contribution in [0.3, 0.4) is 0 Å². The minimum Gasteiger partial charge on any atom is -0.395 e. The van der Waals surface area contributed by atoms with Crippen molar-refractivity contribution in [3.05, 3.63) is 12.7 Å². The van der Waals surface area contributed by atoms with Crippen molar-refractivity contribution in [1.29, 1.82) is 0 Å². The summed E-state index contributed by atoms with van der Waals surface area (Å²) in [6, 6.07) is 0. The second-order valence-electron chi connectivity index (χ2n) is 3.75. The van der Waals surface area contributed by atoms with Crippen molar-refractivity contribution in [2.75, 3.05) is 39.4 Å². The molecule has 1 unspecified atom stereocenters. The monoisotopic (exact) mass is 228 g/mol. The lowest BCUT2D eigenvalue weighted by Gasteiger charge is -2.26. The molecule has 0 aromatic heterocycles. The van der Waals surface area contributed by atoms with Crippen LogP contribution in [0.1, 0.15) is 6.42 Å². The summed E-state index contributed by atoms with van der Waals surface area (Å²) >= 11 is 0. The summed E-state index contributed by atoms with van der Waals surface area (Å²) < 4.78 is 5.46. The van der Waals surface area contributed by atoms with Crippen molar-refractivity contribution in [3.8, 4) is 0 Å². The number of nitrogens with one attached hydrogen (secondary N) is 1. The Morgan fingerprint density at radius 1 is 1.69 bits per heavy atom. The van der Waals surface area contributed by atoms with Gasteiger partial charge in [-0.2, -0.15) is 0 Å². The normalized spacial score (nSPS) is 20.4. The van der Waals surface area contributed by atoms with Gasteiger partial charge in [-0.25, -0.2) is 0 Å². The second kappa shape index (κ2) is 7.38. The van der Waals surface area contributed by atoms with Crippen LogP contribution in [0.4, 0.5) is 0 Å². The van der Waals surface area contributed by atoms with E-state index in [2.05, 4.69) is 11.9 Å². The van der Waals surface area contributed by atoms with Crippen molar-refractivity contribution >= 4 is 5.91 Å². The first-order chi connectivity index (χ1) is 7.77. The van der Waals surface area contributed by atoms with E-state index in [0.29, 0.717) is 32.7 Å². The smallest absolute Gasteiger partial charge is 0.225 e. The van der Waals surface area contributed by atoms with Crippen LogP contribution >= 0.6 is 0 Å². The van der Waals surface area contributed by atoms with E-state index in [4.69, 9.17) is 9.84 Å². The predicted octanol–water partition coefficient (Wildman–Crippen LogP) is -0.628. The second-order valence-corrected chi connectivity index (χ2v) is 3.75. The maximum atomic E-state index is 11.9. The van der Waals surface area contributed by atoms with E-state index < -0.39 is 0 Å². The number of nitrogens with zero attached hydrogens (tertiary/aromatic N) is 1. The molecule has 5 nitrogen and oxygen atoms in total. The molecule has 1 amide bonds. The van der Waals surface area contributed by atoms with E-state index in [1.807, 2.05) is 0 Å². The van der Waals surface area contributed by atoms with Crippen LogP contribution in [0, 0.1) is 0 Å². The van der Waals surface area contributed by atoms with Gasteiger partial charge in [-0.05, 0) is 0 Å². The van der Waals surface area contributed by atoms with Crippen molar-refractivity contribution < 1.29 is 14.6 Å². The summed E-state index contributed by atoms with van der Waals surface area (Å²) in [5.74, 6) is 0.00245. The third-order valence-electron chi connectivity index (χ3n) is 2.48. The van der Waals surface area contributed by atoms with Gasteiger partial charge in [0.1, 0.15) is 0 Å². The van der Waals surface area contributed by atoms with Crippen LogP contribution in [-0.4, -0.2) is 61.4 Å². The van der Waals surface area contributed by atoms with Gasteiger partial charge in [-0.1, -0.05) is 6.08 Å². The van der Waals surface area contributed by atoms with Crippen molar-refractivity contribution in [2.45, 2.75) is 12.5 Å². The zero-order valence-corrected chi connectivity index (χ0v) is 9.52. The van der Waals surface area contributed by atoms with Gasteiger partial charge in [0.15, 0.2) is 0 Å². The summed E-state index contributed by atoms with van der Waals surface area (Å²) in [4.78, 5) is 13.4. The summed E-state index contributed by atoms with van der Waals surface area (Å²) in [6.07, 6.45) is 1.97. The highest BCUT2D eigenvalue weighted by Crippen LogP contribution is 2.05. The maximum Gasteiger partial charge on any atom is 0.225 e. The molecule has 1 saturated heterocycles. The lowest BCUT2D eigenvalue weighted by molar-refractivity contribution is -0.134. The molecule has 0 radical (unpaired) electrons. The summed E-state index contributed by atoms with van der Waals surface area (Å²) in [6.45, 7) is 6.60. The Labute approximate surface area is 96.1 Å². The highest BCUT2D eigenvalue weighted by Gasteiger charge is 2.20. The molecular formula is C11H20N2O3. The number of carbonyl (C=O) groups excluding carboxylic acids is 1. The molecule has 1 rings (SSSR count). The Hall–Kier alpha value is -0.910. The third kappa shape index (κ3) is 4.30. The van der Waals surface area contributed by atoms with Crippen LogP contribution in [0.5, 0.6) is 0 Å². The van der Waals surface area contributed by atoms with Gasteiger partial charge in [0.25, 0.3) is 0 Å². The largest absolute Gasteiger partial charge is 0.395 e. The van der Waals surface area contributed by atoms with Crippen LogP contribution in [0.15, 0.2) is 12.7 Å². The fraction of sp³-hybridized carbons (Fsp3) is 0.727. The minimum atomic E-state index is -0.0488. The molecule has 1 heterocycles. The molecule has 2 N–H and O–H groups in total. The van der Waals surface area contributed by atoms with Crippen LogP contribution in [-0.2, 0) is 9.53 Å². The average Bonchev–Trinajstić information content (AvgIpc) is 2.30. The van der Waals surface area contributed by atoms with Crippen molar-refractivity contribution in [3.63, 3.8) is 0 Å². The molecule has 0 aliphatic carbocycles. The zero-order valence-electron chi connectivity index (χ0n) is 9.52. The van der Waals surface area contributed by atoms with Crippen LogP contribution < -0.4 is 5.32 Å². The standard InChI is InChI=1S/C11H20N2O3/c1-2-4-13(5-6-14)11(15)8-10-9-12-3-7-16-10/h2,10,12,14H,1,3-9H2. The van der Waals surface area contributed by atoms with Gasteiger partial charge in [0.2, 0.25) is 5.91 Å². The Balaban J connectivity index is 2.37.